The van der Waals surface area contributed by atoms with Crippen LogP contribution in [0.5, 0.6) is 0 Å². The van der Waals surface area contributed by atoms with E-state index in [-0.39, 0.29) is 31.2 Å². The lowest BCUT2D eigenvalue weighted by Crippen LogP contribution is -2.32. The van der Waals surface area contributed by atoms with Crippen molar-refractivity contribution in [3.8, 4) is 11.1 Å². The predicted octanol–water partition coefficient (Wildman–Crippen LogP) is 6.54. The SMILES string of the molecule is CNC(=O)c1cccc(-c2cccnc2[C@H](Cc2cc(F)cc(F)c2)NC(=O)Cc2c[nH]c3cc(CNC(=O)OC(C)(C)C)ccc23)c1. The van der Waals surface area contributed by atoms with Gasteiger partial charge in [0.05, 0.1) is 18.2 Å². The van der Waals surface area contributed by atoms with E-state index in [1.54, 1.807) is 64.5 Å². The number of fused-ring (bicyclic) bond motifs is 1. The highest BCUT2D eigenvalue weighted by molar-refractivity contribution is 5.95. The highest BCUT2D eigenvalue weighted by Gasteiger charge is 2.23. The van der Waals surface area contributed by atoms with E-state index in [1.165, 1.54) is 12.1 Å². The zero-order valence-electron chi connectivity index (χ0n) is 27.1. The Bertz CT molecular complexity index is 1950. The average Bonchev–Trinajstić information content (AvgIpc) is 3.43. The van der Waals surface area contributed by atoms with Gasteiger partial charge in [0.15, 0.2) is 0 Å². The zero-order valence-corrected chi connectivity index (χ0v) is 27.1. The first-order valence-electron chi connectivity index (χ1n) is 15.5. The van der Waals surface area contributed by atoms with E-state index < -0.39 is 29.4 Å². The third-order valence-electron chi connectivity index (χ3n) is 7.55. The third-order valence-corrected chi connectivity index (χ3v) is 7.55. The van der Waals surface area contributed by atoms with E-state index in [0.29, 0.717) is 27.9 Å². The highest BCUT2D eigenvalue weighted by atomic mass is 19.1. The first-order valence-corrected chi connectivity index (χ1v) is 15.5. The molecule has 0 spiro atoms. The van der Waals surface area contributed by atoms with E-state index >= 15 is 0 Å². The molecule has 1 atom stereocenters. The van der Waals surface area contributed by atoms with Crippen molar-refractivity contribution in [2.75, 3.05) is 7.05 Å². The molecule has 0 unspecified atom stereocenters. The number of hydrogen-bond donors (Lipinski definition) is 4. The molecule has 0 aliphatic heterocycles. The van der Waals surface area contributed by atoms with E-state index in [9.17, 15) is 23.2 Å². The van der Waals surface area contributed by atoms with Crippen LogP contribution in [0.15, 0.2) is 85.2 Å². The Balaban J connectivity index is 1.40. The number of carbonyl (C=O) groups is 3. The molecule has 3 amide bonds. The number of carbonyl (C=O) groups excluding carboxylic acids is 3. The molecular formula is C37H37F2N5O4. The molecule has 0 radical (unpaired) electrons. The number of benzene rings is 3. The van der Waals surface area contributed by atoms with Gasteiger partial charge in [-0.15, -0.1) is 0 Å². The number of ether oxygens (including phenoxy) is 1. The Morgan fingerprint density at radius 1 is 0.938 bits per heavy atom. The average molecular weight is 654 g/mol. The summed E-state index contributed by atoms with van der Waals surface area (Å²) in [6.07, 6.45) is 2.89. The summed E-state index contributed by atoms with van der Waals surface area (Å²) in [7, 11) is 1.55. The molecule has 248 valence electrons. The number of nitrogens with one attached hydrogen (secondary N) is 4. The van der Waals surface area contributed by atoms with Gasteiger partial charge in [-0.05, 0) is 85.8 Å². The summed E-state index contributed by atoms with van der Waals surface area (Å²) < 4.78 is 33.7. The lowest BCUT2D eigenvalue weighted by atomic mass is 9.94. The highest BCUT2D eigenvalue weighted by Crippen LogP contribution is 2.30. The minimum absolute atomic E-state index is 0.0117. The lowest BCUT2D eigenvalue weighted by molar-refractivity contribution is -0.121. The number of hydrogen-bond acceptors (Lipinski definition) is 5. The standard InChI is InChI=1S/C37H37F2N5O4/c1-37(2,3)48-36(47)43-20-22-10-11-29-26(21-42-31(29)15-22)18-33(45)44-32(16-23-13-27(38)19-28(39)14-23)34-30(9-6-12-41-34)24-7-5-8-25(17-24)35(46)40-4/h5-15,17,19,21,32,42H,16,18,20H2,1-4H3,(H,40,46)(H,43,47)(H,44,45)/t32-/m0/s1. The van der Waals surface area contributed by atoms with Gasteiger partial charge in [0, 0.05) is 54.1 Å². The number of nitrogens with zero attached hydrogens (tertiary/aromatic N) is 1. The maximum absolute atomic E-state index is 14.2. The largest absolute Gasteiger partial charge is 0.444 e. The van der Waals surface area contributed by atoms with E-state index in [0.717, 1.165) is 28.1 Å². The van der Waals surface area contributed by atoms with Crippen LogP contribution in [0.3, 0.4) is 0 Å². The summed E-state index contributed by atoms with van der Waals surface area (Å²) in [5.74, 6) is -2.04. The Kier molecular flexibility index (Phi) is 10.2. The normalized spacial score (nSPS) is 12.0. The molecule has 9 nitrogen and oxygen atoms in total. The molecule has 4 N–H and O–H groups in total. The van der Waals surface area contributed by atoms with Gasteiger partial charge in [-0.1, -0.05) is 30.3 Å². The molecular weight excluding hydrogens is 616 g/mol. The topological polar surface area (TPSA) is 125 Å². The molecule has 0 aliphatic rings. The van der Waals surface area contributed by atoms with Crippen LogP contribution in [0, 0.1) is 11.6 Å². The molecule has 2 heterocycles. The van der Waals surface area contributed by atoms with Crippen LogP contribution < -0.4 is 16.0 Å². The number of amides is 3. The van der Waals surface area contributed by atoms with Crippen LogP contribution in [0.25, 0.3) is 22.0 Å². The second-order valence-corrected chi connectivity index (χ2v) is 12.4. The zero-order chi connectivity index (χ0) is 34.4. The summed E-state index contributed by atoms with van der Waals surface area (Å²) in [4.78, 5) is 45.9. The first kappa shape index (κ1) is 33.8. The number of pyridine rings is 1. The molecule has 0 bridgehead atoms. The minimum atomic E-state index is -0.769. The van der Waals surface area contributed by atoms with Crippen LogP contribution in [0.4, 0.5) is 13.6 Å². The Morgan fingerprint density at radius 3 is 2.44 bits per heavy atom. The predicted molar refractivity (Wildman–Crippen MR) is 179 cm³/mol. The molecule has 3 aromatic carbocycles. The third kappa shape index (κ3) is 8.61. The van der Waals surface area contributed by atoms with Crippen LogP contribution in [0.1, 0.15) is 59.6 Å². The molecule has 0 fully saturated rings. The van der Waals surface area contributed by atoms with Crippen molar-refractivity contribution in [3.63, 3.8) is 0 Å². The molecule has 5 aromatic rings. The maximum Gasteiger partial charge on any atom is 0.407 e. The van der Waals surface area contributed by atoms with E-state index in [1.807, 2.05) is 30.3 Å². The number of aromatic nitrogens is 2. The summed E-state index contributed by atoms with van der Waals surface area (Å²) >= 11 is 0. The van der Waals surface area contributed by atoms with Gasteiger partial charge in [-0.2, -0.15) is 0 Å². The van der Waals surface area contributed by atoms with Crippen LogP contribution in [-0.4, -0.2) is 40.5 Å². The first-order chi connectivity index (χ1) is 22.9. The summed E-state index contributed by atoms with van der Waals surface area (Å²) in [5.41, 5.74) is 4.38. The quantitative estimate of drug-likeness (QED) is 0.136. The van der Waals surface area contributed by atoms with Crippen molar-refractivity contribution < 1.29 is 27.9 Å². The molecule has 11 heteroatoms. The molecule has 5 rings (SSSR count). The van der Waals surface area contributed by atoms with Crippen LogP contribution >= 0.6 is 0 Å². The van der Waals surface area contributed by atoms with Crippen molar-refractivity contribution in [1.82, 2.24) is 25.9 Å². The second kappa shape index (κ2) is 14.5. The minimum Gasteiger partial charge on any atom is -0.444 e. The molecule has 0 aliphatic carbocycles. The fourth-order valence-corrected chi connectivity index (χ4v) is 5.49. The fourth-order valence-electron chi connectivity index (χ4n) is 5.49. The molecule has 0 saturated heterocycles. The maximum atomic E-state index is 14.2. The van der Waals surface area contributed by atoms with Gasteiger partial charge in [-0.3, -0.25) is 14.6 Å². The molecule has 48 heavy (non-hydrogen) atoms. The summed E-state index contributed by atoms with van der Waals surface area (Å²) in [6, 6.07) is 18.7. The molecule has 0 saturated carbocycles. The van der Waals surface area contributed by atoms with Crippen LogP contribution in [-0.2, 0) is 28.9 Å². The smallest absolute Gasteiger partial charge is 0.407 e. The van der Waals surface area contributed by atoms with Gasteiger partial charge >= 0.3 is 6.09 Å². The Morgan fingerprint density at radius 2 is 1.71 bits per heavy atom. The second-order valence-electron chi connectivity index (χ2n) is 12.4. The van der Waals surface area contributed by atoms with Crippen molar-refractivity contribution in [2.24, 2.45) is 0 Å². The fraction of sp³-hybridized carbons (Fsp3) is 0.243. The number of halogens is 2. The number of rotatable bonds is 10. The Labute approximate surface area is 277 Å². The number of aromatic amines is 1. The van der Waals surface area contributed by atoms with Gasteiger partial charge in [0.1, 0.15) is 17.2 Å². The van der Waals surface area contributed by atoms with E-state index in [2.05, 4.69) is 25.9 Å². The van der Waals surface area contributed by atoms with Gasteiger partial charge in [0.2, 0.25) is 5.91 Å². The van der Waals surface area contributed by atoms with Crippen LogP contribution in [0.2, 0.25) is 0 Å². The van der Waals surface area contributed by atoms with Crippen molar-refractivity contribution >= 4 is 28.8 Å². The van der Waals surface area contributed by atoms with Crippen molar-refractivity contribution in [1.29, 1.82) is 0 Å². The van der Waals surface area contributed by atoms with Gasteiger partial charge in [0.25, 0.3) is 5.91 Å². The van der Waals surface area contributed by atoms with Crippen molar-refractivity contribution in [3.05, 3.63) is 125 Å². The molecule has 2 aromatic heterocycles. The summed E-state index contributed by atoms with van der Waals surface area (Å²) in [6.45, 7) is 5.64. The lowest BCUT2D eigenvalue weighted by Gasteiger charge is -2.22. The number of H-pyrrole nitrogens is 1. The van der Waals surface area contributed by atoms with Gasteiger partial charge < -0.3 is 25.7 Å². The Hall–Kier alpha value is -5.58. The van der Waals surface area contributed by atoms with Crippen molar-refractivity contribution in [2.45, 2.75) is 51.8 Å². The van der Waals surface area contributed by atoms with E-state index in [4.69, 9.17) is 4.74 Å². The monoisotopic (exact) mass is 653 g/mol. The van der Waals surface area contributed by atoms with Gasteiger partial charge in [-0.25, -0.2) is 13.6 Å². The number of alkyl carbamates (subject to hydrolysis) is 1. The summed E-state index contributed by atoms with van der Waals surface area (Å²) in [5, 5.41) is 9.23.